The van der Waals surface area contributed by atoms with E-state index in [2.05, 4.69) is 0 Å². The van der Waals surface area contributed by atoms with Gasteiger partial charge in [-0.2, -0.15) is 0 Å². The van der Waals surface area contributed by atoms with Gasteiger partial charge in [0.2, 0.25) is 0 Å². The largest absolute Gasteiger partial charge is 0.479 e. The van der Waals surface area contributed by atoms with Crippen molar-refractivity contribution in [2.24, 2.45) is 0 Å². The third-order valence-electron chi connectivity index (χ3n) is 2.77. The van der Waals surface area contributed by atoms with Crippen LogP contribution in [0.3, 0.4) is 0 Å². The van der Waals surface area contributed by atoms with Gasteiger partial charge in [0.05, 0.1) is 5.60 Å². The highest BCUT2D eigenvalue weighted by Crippen LogP contribution is 2.27. The standard InChI is InChI=1S/C16H18O3/c1-16(2,3)19-14(15(17)18)13-9-8-11-6-4-5-7-12(11)10-13/h4-10,14H,1-3H3,(H,17,18). The second-order valence-electron chi connectivity index (χ2n) is 5.56. The Balaban J connectivity index is 2.42. The van der Waals surface area contributed by atoms with E-state index in [1.165, 1.54) is 0 Å². The van der Waals surface area contributed by atoms with Crippen LogP contribution in [0.5, 0.6) is 0 Å². The molecule has 1 unspecified atom stereocenters. The van der Waals surface area contributed by atoms with E-state index in [9.17, 15) is 9.90 Å². The van der Waals surface area contributed by atoms with Crippen LogP contribution in [0.4, 0.5) is 0 Å². The normalized spacial score (nSPS) is 13.4. The summed E-state index contributed by atoms with van der Waals surface area (Å²) >= 11 is 0. The summed E-state index contributed by atoms with van der Waals surface area (Å²) in [5.41, 5.74) is 0.162. The van der Waals surface area contributed by atoms with Gasteiger partial charge in [0.15, 0.2) is 6.10 Å². The van der Waals surface area contributed by atoms with Gasteiger partial charge in [0, 0.05) is 0 Å². The van der Waals surface area contributed by atoms with E-state index < -0.39 is 17.7 Å². The third kappa shape index (κ3) is 3.32. The van der Waals surface area contributed by atoms with Crippen LogP contribution < -0.4 is 0 Å². The first-order valence-corrected chi connectivity index (χ1v) is 6.26. The molecule has 2 rings (SSSR count). The number of rotatable bonds is 3. The molecule has 0 bridgehead atoms. The van der Waals surface area contributed by atoms with E-state index in [0.29, 0.717) is 5.56 Å². The molecule has 1 N–H and O–H groups in total. The van der Waals surface area contributed by atoms with Crippen molar-refractivity contribution in [1.82, 2.24) is 0 Å². The number of aliphatic carboxylic acids is 1. The topological polar surface area (TPSA) is 46.5 Å². The predicted octanol–water partition coefficient (Wildman–Crippen LogP) is 3.78. The van der Waals surface area contributed by atoms with E-state index in [1.54, 1.807) is 0 Å². The van der Waals surface area contributed by atoms with Gasteiger partial charge in [-0.3, -0.25) is 0 Å². The van der Waals surface area contributed by atoms with Gasteiger partial charge in [-0.25, -0.2) is 4.79 Å². The fourth-order valence-corrected chi connectivity index (χ4v) is 1.99. The average molecular weight is 258 g/mol. The number of benzene rings is 2. The highest BCUT2D eigenvalue weighted by Gasteiger charge is 2.26. The number of ether oxygens (including phenoxy) is 1. The van der Waals surface area contributed by atoms with E-state index in [-0.39, 0.29) is 0 Å². The van der Waals surface area contributed by atoms with Crippen LogP contribution in [0.2, 0.25) is 0 Å². The van der Waals surface area contributed by atoms with Crippen molar-refractivity contribution in [3.8, 4) is 0 Å². The fourth-order valence-electron chi connectivity index (χ4n) is 1.99. The van der Waals surface area contributed by atoms with Crippen LogP contribution in [0.25, 0.3) is 10.8 Å². The van der Waals surface area contributed by atoms with Gasteiger partial charge in [-0.05, 0) is 43.2 Å². The summed E-state index contributed by atoms with van der Waals surface area (Å²) in [5.74, 6) is -0.967. The zero-order chi connectivity index (χ0) is 14.0. The summed E-state index contributed by atoms with van der Waals surface area (Å²) in [6.45, 7) is 5.55. The molecule has 3 heteroatoms. The Kier molecular flexibility index (Phi) is 3.58. The van der Waals surface area contributed by atoms with E-state index in [1.807, 2.05) is 63.2 Å². The van der Waals surface area contributed by atoms with E-state index >= 15 is 0 Å². The van der Waals surface area contributed by atoms with Crippen molar-refractivity contribution in [2.75, 3.05) is 0 Å². The maximum absolute atomic E-state index is 11.4. The van der Waals surface area contributed by atoms with Gasteiger partial charge >= 0.3 is 5.97 Å². The molecule has 0 spiro atoms. The highest BCUT2D eigenvalue weighted by molar-refractivity contribution is 5.85. The first-order chi connectivity index (χ1) is 8.87. The quantitative estimate of drug-likeness (QED) is 0.911. The average Bonchev–Trinajstić information content (AvgIpc) is 2.34. The molecule has 3 nitrogen and oxygen atoms in total. The molecule has 2 aromatic rings. The monoisotopic (exact) mass is 258 g/mol. The molecule has 0 fully saturated rings. The van der Waals surface area contributed by atoms with Crippen LogP contribution >= 0.6 is 0 Å². The number of carbonyl (C=O) groups is 1. The van der Waals surface area contributed by atoms with Crippen molar-refractivity contribution >= 4 is 16.7 Å². The molecule has 0 aliphatic heterocycles. The summed E-state index contributed by atoms with van der Waals surface area (Å²) < 4.78 is 5.63. The molecule has 0 aromatic heterocycles. The number of hydrogen-bond donors (Lipinski definition) is 1. The minimum Gasteiger partial charge on any atom is -0.479 e. The molecule has 0 saturated heterocycles. The Morgan fingerprint density at radius 2 is 1.74 bits per heavy atom. The van der Waals surface area contributed by atoms with Crippen LogP contribution in [-0.2, 0) is 9.53 Å². The summed E-state index contributed by atoms with van der Waals surface area (Å²) in [6, 6.07) is 13.5. The minimum atomic E-state index is -0.967. The molecule has 1 atom stereocenters. The Bertz CT molecular complexity index is 596. The fraction of sp³-hybridized carbons (Fsp3) is 0.312. The number of hydrogen-bond acceptors (Lipinski definition) is 2. The molecule has 0 saturated carbocycles. The van der Waals surface area contributed by atoms with Gasteiger partial charge in [0.25, 0.3) is 0 Å². The minimum absolute atomic E-state index is 0.505. The number of carboxylic acids is 1. The lowest BCUT2D eigenvalue weighted by molar-refractivity contribution is -0.160. The first-order valence-electron chi connectivity index (χ1n) is 6.26. The summed E-state index contributed by atoms with van der Waals surface area (Å²) in [5, 5.41) is 11.4. The lowest BCUT2D eigenvalue weighted by atomic mass is 10.0. The smallest absolute Gasteiger partial charge is 0.337 e. The van der Waals surface area contributed by atoms with Crippen LogP contribution in [-0.4, -0.2) is 16.7 Å². The summed E-state index contributed by atoms with van der Waals surface area (Å²) in [7, 11) is 0. The molecule has 0 aliphatic carbocycles. The van der Waals surface area contributed by atoms with Crippen molar-refractivity contribution in [3.63, 3.8) is 0 Å². The Morgan fingerprint density at radius 1 is 1.11 bits per heavy atom. The molecule has 0 aliphatic rings. The predicted molar refractivity (Wildman–Crippen MR) is 75.2 cm³/mol. The maximum atomic E-state index is 11.4. The zero-order valence-electron chi connectivity index (χ0n) is 11.4. The first kappa shape index (κ1) is 13.6. The van der Waals surface area contributed by atoms with Crippen LogP contribution in [0.15, 0.2) is 42.5 Å². The van der Waals surface area contributed by atoms with Gasteiger partial charge < -0.3 is 9.84 Å². The van der Waals surface area contributed by atoms with Crippen molar-refractivity contribution in [2.45, 2.75) is 32.5 Å². The molecule has 0 radical (unpaired) electrons. The zero-order valence-corrected chi connectivity index (χ0v) is 11.4. The second-order valence-corrected chi connectivity index (χ2v) is 5.56. The third-order valence-corrected chi connectivity index (χ3v) is 2.77. The molecular weight excluding hydrogens is 240 g/mol. The van der Waals surface area contributed by atoms with Gasteiger partial charge in [-0.15, -0.1) is 0 Å². The Labute approximate surface area is 112 Å². The summed E-state index contributed by atoms with van der Waals surface area (Å²) in [6.07, 6.45) is -0.940. The van der Waals surface area contributed by atoms with Gasteiger partial charge in [0.1, 0.15) is 0 Å². The highest BCUT2D eigenvalue weighted by atomic mass is 16.5. The second kappa shape index (κ2) is 5.02. The lowest BCUT2D eigenvalue weighted by Gasteiger charge is -2.25. The van der Waals surface area contributed by atoms with Crippen LogP contribution in [0, 0.1) is 0 Å². The van der Waals surface area contributed by atoms with Crippen molar-refractivity contribution in [3.05, 3.63) is 48.0 Å². The van der Waals surface area contributed by atoms with E-state index in [0.717, 1.165) is 10.8 Å². The van der Waals surface area contributed by atoms with Crippen molar-refractivity contribution in [1.29, 1.82) is 0 Å². The Morgan fingerprint density at radius 3 is 2.32 bits per heavy atom. The SMILES string of the molecule is CC(C)(C)OC(C(=O)O)c1ccc2ccccc2c1. The van der Waals surface area contributed by atoms with Crippen LogP contribution in [0.1, 0.15) is 32.4 Å². The van der Waals surface area contributed by atoms with Crippen molar-refractivity contribution < 1.29 is 14.6 Å². The molecule has 0 amide bonds. The molecule has 2 aromatic carbocycles. The molecule has 19 heavy (non-hydrogen) atoms. The summed E-state index contributed by atoms with van der Waals surface area (Å²) in [4.78, 5) is 11.4. The van der Waals surface area contributed by atoms with E-state index in [4.69, 9.17) is 4.74 Å². The number of carboxylic acid groups (broad SMARTS) is 1. The molecule has 100 valence electrons. The van der Waals surface area contributed by atoms with Gasteiger partial charge in [-0.1, -0.05) is 36.4 Å². The molecule has 0 heterocycles. The lowest BCUT2D eigenvalue weighted by Crippen LogP contribution is -2.27. The molecular formula is C16H18O3. The number of fused-ring (bicyclic) bond motifs is 1. The Hall–Kier alpha value is -1.87. The maximum Gasteiger partial charge on any atom is 0.337 e.